The van der Waals surface area contributed by atoms with E-state index in [1.165, 1.54) is 20.3 Å². The monoisotopic (exact) mass is 380 g/mol. The van der Waals surface area contributed by atoms with E-state index < -0.39 is 29.9 Å². The number of hydrogen-bond acceptors (Lipinski definition) is 8. The number of Topliss-reactive ketones (excluding diaryl/α,β-unsaturated/α-hetero) is 1. The maximum absolute atomic E-state index is 12.5. The molecule has 0 unspecified atom stereocenters. The Morgan fingerprint density at radius 2 is 1.81 bits per heavy atom. The second-order valence-corrected chi connectivity index (χ2v) is 6.72. The number of cyclic esters (lactones) is 2. The summed E-state index contributed by atoms with van der Waals surface area (Å²) in [6.07, 6.45) is 0.492. The van der Waals surface area contributed by atoms with E-state index in [-0.39, 0.29) is 22.8 Å². The van der Waals surface area contributed by atoms with Crippen molar-refractivity contribution < 1.29 is 38.4 Å². The van der Waals surface area contributed by atoms with E-state index in [2.05, 4.69) is 0 Å². The first-order valence-corrected chi connectivity index (χ1v) is 8.58. The van der Waals surface area contributed by atoms with Gasteiger partial charge in [0.2, 0.25) is 11.5 Å². The lowest BCUT2D eigenvalue weighted by atomic mass is 9.89. The van der Waals surface area contributed by atoms with Crippen LogP contribution in [0.1, 0.15) is 44.7 Å². The maximum Gasteiger partial charge on any atom is 0.343 e. The van der Waals surface area contributed by atoms with Crippen molar-refractivity contribution in [2.75, 3.05) is 14.2 Å². The van der Waals surface area contributed by atoms with Gasteiger partial charge in [-0.1, -0.05) is 13.8 Å². The number of hydrogen-bond donors (Lipinski definition) is 1. The van der Waals surface area contributed by atoms with Crippen LogP contribution in [0.3, 0.4) is 0 Å². The molecule has 8 nitrogen and oxygen atoms in total. The average molecular weight is 380 g/mol. The zero-order valence-electron chi connectivity index (χ0n) is 16.1. The molecule has 0 bridgehead atoms. The number of phenolic OH excluding ortho intramolecular Hbond substituents is 1. The van der Waals surface area contributed by atoms with Gasteiger partial charge in [0.25, 0.3) is 0 Å². The van der Waals surface area contributed by atoms with Crippen molar-refractivity contribution in [3.63, 3.8) is 0 Å². The minimum atomic E-state index is -2.24. The van der Waals surface area contributed by atoms with Gasteiger partial charge in [-0.25, -0.2) is 0 Å². The second kappa shape index (κ2) is 7.85. The Kier molecular flexibility index (Phi) is 5.98. The zero-order chi connectivity index (χ0) is 20.4. The molecule has 8 heteroatoms. The first kappa shape index (κ1) is 20.5. The molecule has 0 radical (unpaired) electrons. The largest absolute Gasteiger partial charge is 0.502 e. The van der Waals surface area contributed by atoms with Gasteiger partial charge in [0.15, 0.2) is 11.5 Å². The molecule has 1 aliphatic heterocycles. The molecule has 0 spiro atoms. The highest BCUT2D eigenvalue weighted by molar-refractivity contribution is 5.99. The summed E-state index contributed by atoms with van der Waals surface area (Å²) in [5, 5.41) is 10.4. The van der Waals surface area contributed by atoms with Crippen molar-refractivity contribution >= 4 is 17.7 Å². The molecule has 0 aliphatic carbocycles. The normalized spacial score (nSPS) is 15.9. The molecule has 0 atom stereocenters. The zero-order valence-corrected chi connectivity index (χ0v) is 16.1. The summed E-state index contributed by atoms with van der Waals surface area (Å²) in [5.74, 6) is -4.57. The molecular formula is C19H24O8. The van der Waals surface area contributed by atoms with Crippen molar-refractivity contribution in [3.05, 3.63) is 17.2 Å². The molecule has 0 aromatic heterocycles. The number of rotatable bonds is 7. The molecule has 1 aromatic rings. The van der Waals surface area contributed by atoms with Crippen molar-refractivity contribution in [3.8, 4) is 17.2 Å². The molecule has 1 N–H and O–H groups in total. The number of esters is 2. The Hall–Kier alpha value is -2.77. The fourth-order valence-corrected chi connectivity index (χ4v) is 2.99. The number of carbonyl (C=O) groups excluding carboxylic acids is 3. The van der Waals surface area contributed by atoms with Crippen LogP contribution >= 0.6 is 0 Å². The summed E-state index contributed by atoms with van der Waals surface area (Å²) >= 11 is 0. The van der Waals surface area contributed by atoms with E-state index in [0.29, 0.717) is 24.3 Å². The Morgan fingerprint density at radius 1 is 1.22 bits per heavy atom. The molecular weight excluding hydrogens is 356 g/mol. The Morgan fingerprint density at radius 3 is 2.26 bits per heavy atom. The third-order valence-corrected chi connectivity index (χ3v) is 4.34. The number of benzene rings is 1. The predicted octanol–water partition coefficient (Wildman–Crippen LogP) is 2.23. The van der Waals surface area contributed by atoms with Gasteiger partial charge in [-0.15, -0.1) is 0 Å². The van der Waals surface area contributed by atoms with Crippen LogP contribution in [0.25, 0.3) is 0 Å². The molecule has 0 saturated carbocycles. The summed E-state index contributed by atoms with van der Waals surface area (Å²) in [7, 11) is 2.68. The van der Waals surface area contributed by atoms with Crippen LogP contribution in [0.15, 0.2) is 6.07 Å². The molecule has 2 rings (SSSR count). The van der Waals surface area contributed by atoms with Crippen molar-refractivity contribution in [1.82, 2.24) is 0 Å². The Balaban J connectivity index is 2.79. The van der Waals surface area contributed by atoms with Gasteiger partial charge in [0, 0.05) is 12.5 Å². The number of methoxy groups -OCH3 is 2. The van der Waals surface area contributed by atoms with Gasteiger partial charge >= 0.3 is 17.7 Å². The minimum absolute atomic E-state index is 0.00607. The Labute approximate surface area is 157 Å². The number of ether oxygens (including phenoxy) is 4. The van der Waals surface area contributed by atoms with Crippen LogP contribution in [0.2, 0.25) is 0 Å². The molecule has 0 amide bonds. The van der Waals surface area contributed by atoms with Gasteiger partial charge in [-0.05, 0) is 24.8 Å². The van der Waals surface area contributed by atoms with Crippen molar-refractivity contribution in [2.24, 2.45) is 5.92 Å². The van der Waals surface area contributed by atoms with Gasteiger partial charge in [-0.2, -0.15) is 0 Å². The smallest absolute Gasteiger partial charge is 0.343 e. The lowest BCUT2D eigenvalue weighted by Crippen LogP contribution is -2.48. The second-order valence-electron chi connectivity index (χ2n) is 6.72. The third-order valence-electron chi connectivity index (χ3n) is 4.34. The summed E-state index contributed by atoms with van der Waals surface area (Å²) < 4.78 is 21.0. The summed E-state index contributed by atoms with van der Waals surface area (Å²) in [5.41, 5.74) is 0.505. The molecule has 1 aliphatic rings. The van der Waals surface area contributed by atoms with Crippen molar-refractivity contribution in [1.29, 1.82) is 0 Å². The lowest BCUT2D eigenvalue weighted by Gasteiger charge is -2.35. The number of carbonyl (C=O) groups is 3. The van der Waals surface area contributed by atoms with E-state index in [0.717, 1.165) is 6.92 Å². The number of aromatic hydroxyl groups is 1. The molecule has 1 saturated heterocycles. The highest BCUT2D eigenvalue weighted by Crippen LogP contribution is 2.47. The van der Waals surface area contributed by atoms with E-state index in [1.54, 1.807) is 0 Å². The highest BCUT2D eigenvalue weighted by Gasteiger charge is 2.52. The molecule has 1 heterocycles. The fourth-order valence-electron chi connectivity index (χ4n) is 2.99. The maximum atomic E-state index is 12.5. The summed E-state index contributed by atoms with van der Waals surface area (Å²) in [6, 6.07) is 1.33. The third kappa shape index (κ3) is 3.84. The summed E-state index contributed by atoms with van der Waals surface area (Å²) in [6.45, 7) is 5.18. The lowest BCUT2D eigenvalue weighted by molar-refractivity contribution is -0.242. The molecule has 27 heavy (non-hydrogen) atoms. The Bertz CT molecular complexity index is 749. The summed E-state index contributed by atoms with van der Waals surface area (Å²) in [4.78, 5) is 36.4. The van der Waals surface area contributed by atoms with Crippen LogP contribution in [0.5, 0.6) is 17.2 Å². The SMILES string of the molecule is COc1cc(C2(C(C)=O)OC(=O)CC(=O)O2)c(CCC(C)C)c(OC)c1O. The van der Waals surface area contributed by atoms with Crippen LogP contribution in [0.4, 0.5) is 0 Å². The van der Waals surface area contributed by atoms with E-state index in [4.69, 9.17) is 18.9 Å². The topological polar surface area (TPSA) is 108 Å². The van der Waals surface area contributed by atoms with Crippen LogP contribution in [-0.4, -0.2) is 37.0 Å². The quantitative estimate of drug-likeness (QED) is 0.567. The van der Waals surface area contributed by atoms with Crippen molar-refractivity contribution in [2.45, 2.75) is 45.8 Å². The van der Waals surface area contributed by atoms with E-state index in [1.807, 2.05) is 13.8 Å². The number of phenols is 1. The molecule has 1 aromatic carbocycles. The molecule has 1 fully saturated rings. The fraction of sp³-hybridized carbons (Fsp3) is 0.526. The van der Waals surface area contributed by atoms with Gasteiger partial charge in [0.05, 0.1) is 19.8 Å². The van der Waals surface area contributed by atoms with E-state index >= 15 is 0 Å². The van der Waals surface area contributed by atoms with Gasteiger partial charge < -0.3 is 24.1 Å². The first-order chi connectivity index (χ1) is 12.7. The van der Waals surface area contributed by atoms with Crippen LogP contribution < -0.4 is 9.47 Å². The van der Waals surface area contributed by atoms with Crippen LogP contribution in [0, 0.1) is 5.92 Å². The average Bonchev–Trinajstić information content (AvgIpc) is 2.58. The number of ketones is 1. The standard InChI is InChI=1S/C19H24O8/c1-10(2)6-7-12-13(8-14(24-4)17(23)18(12)25-5)19(11(3)20)26-15(21)9-16(22)27-19/h8,10,23H,6-7,9H2,1-5H3. The van der Waals surface area contributed by atoms with Gasteiger partial charge in [0.1, 0.15) is 6.42 Å². The predicted molar refractivity (Wildman–Crippen MR) is 93.5 cm³/mol. The first-order valence-electron chi connectivity index (χ1n) is 8.58. The van der Waals surface area contributed by atoms with Gasteiger partial charge in [-0.3, -0.25) is 14.4 Å². The molecule has 148 valence electrons. The highest BCUT2D eigenvalue weighted by atomic mass is 16.7. The van der Waals surface area contributed by atoms with Crippen LogP contribution in [-0.2, 0) is 36.1 Å². The minimum Gasteiger partial charge on any atom is -0.502 e. The van der Waals surface area contributed by atoms with E-state index in [9.17, 15) is 19.5 Å².